The predicted molar refractivity (Wildman–Crippen MR) is 86.4 cm³/mol. The first-order valence-electron chi connectivity index (χ1n) is 6.56. The van der Waals surface area contributed by atoms with E-state index in [-0.39, 0.29) is 0 Å². The van der Waals surface area contributed by atoms with Gasteiger partial charge in [0.1, 0.15) is 5.69 Å². The van der Waals surface area contributed by atoms with Gasteiger partial charge in [-0.25, -0.2) is 4.68 Å². The van der Waals surface area contributed by atoms with Crippen molar-refractivity contribution in [2.24, 2.45) is 0 Å². The molecular formula is C16H11BrN4. The van der Waals surface area contributed by atoms with Crippen molar-refractivity contribution in [2.45, 2.75) is 0 Å². The highest BCUT2D eigenvalue weighted by Gasteiger charge is 2.12. The zero-order valence-corrected chi connectivity index (χ0v) is 12.6. The van der Waals surface area contributed by atoms with Crippen molar-refractivity contribution >= 4 is 26.8 Å². The van der Waals surface area contributed by atoms with Gasteiger partial charge in [0.2, 0.25) is 0 Å². The van der Waals surface area contributed by atoms with E-state index in [1.54, 1.807) is 0 Å². The summed E-state index contributed by atoms with van der Waals surface area (Å²) in [6.45, 7) is 0. The second-order valence-electron chi connectivity index (χ2n) is 4.74. The summed E-state index contributed by atoms with van der Waals surface area (Å²) < 4.78 is 2.86. The summed E-state index contributed by atoms with van der Waals surface area (Å²) in [5.74, 6) is 0. The predicted octanol–water partition coefficient (Wildman–Crippen LogP) is 4.18. The normalized spacial score (nSPS) is 11.1. The largest absolute Gasteiger partial charge is 0.276 e. The van der Waals surface area contributed by atoms with Crippen LogP contribution in [0.25, 0.3) is 27.8 Å². The molecule has 0 aliphatic carbocycles. The molecule has 0 spiro atoms. The Morgan fingerprint density at radius 3 is 2.71 bits per heavy atom. The number of halogens is 1. The van der Waals surface area contributed by atoms with Crippen LogP contribution < -0.4 is 0 Å². The lowest BCUT2D eigenvalue weighted by atomic mass is 10.1. The molecule has 21 heavy (non-hydrogen) atoms. The van der Waals surface area contributed by atoms with Gasteiger partial charge in [-0.2, -0.15) is 10.2 Å². The summed E-state index contributed by atoms with van der Waals surface area (Å²) in [7, 11) is 0. The molecule has 0 radical (unpaired) electrons. The van der Waals surface area contributed by atoms with Crippen molar-refractivity contribution in [3.63, 3.8) is 0 Å². The van der Waals surface area contributed by atoms with Crippen molar-refractivity contribution in [3.8, 4) is 16.9 Å². The van der Waals surface area contributed by atoms with E-state index in [1.807, 2.05) is 59.5 Å². The number of hydrogen-bond acceptors (Lipinski definition) is 2. The Hall–Kier alpha value is -2.40. The summed E-state index contributed by atoms with van der Waals surface area (Å²) in [6.07, 6.45) is 3.83. The molecule has 2 aromatic heterocycles. The molecule has 4 nitrogen and oxygen atoms in total. The van der Waals surface area contributed by atoms with E-state index in [4.69, 9.17) is 0 Å². The van der Waals surface area contributed by atoms with Gasteiger partial charge < -0.3 is 0 Å². The fourth-order valence-corrected chi connectivity index (χ4v) is 2.85. The number of hydrogen-bond donors (Lipinski definition) is 1. The maximum Gasteiger partial charge on any atom is 0.103 e. The SMILES string of the molecule is Brc1cccc2c(-c3cnn(-c4ccccc4)c3)n[nH]c12. The average molecular weight is 339 g/mol. The molecule has 5 heteroatoms. The zero-order chi connectivity index (χ0) is 14.2. The quantitative estimate of drug-likeness (QED) is 0.596. The van der Waals surface area contributed by atoms with Crippen LogP contribution in [0.15, 0.2) is 65.4 Å². The van der Waals surface area contributed by atoms with Gasteiger partial charge >= 0.3 is 0 Å². The van der Waals surface area contributed by atoms with Gasteiger partial charge in [-0.1, -0.05) is 30.3 Å². The maximum atomic E-state index is 4.43. The molecule has 0 saturated carbocycles. The van der Waals surface area contributed by atoms with Gasteiger partial charge in [-0.3, -0.25) is 5.10 Å². The van der Waals surface area contributed by atoms with Gasteiger partial charge in [0, 0.05) is 21.6 Å². The molecule has 0 amide bonds. The van der Waals surface area contributed by atoms with E-state index < -0.39 is 0 Å². The first kappa shape index (κ1) is 12.3. The maximum absolute atomic E-state index is 4.43. The zero-order valence-electron chi connectivity index (χ0n) is 11.0. The van der Waals surface area contributed by atoms with E-state index in [2.05, 4.69) is 37.3 Å². The lowest BCUT2D eigenvalue weighted by Gasteiger charge is -1.98. The second kappa shape index (κ2) is 4.86. The lowest BCUT2D eigenvalue weighted by Crippen LogP contribution is -1.92. The standard InChI is InChI=1S/C16H11BrN4/c17-14-8-4-7-13-15(19-20-16(13)14)11-9-18-21(10-11)12-5-2-1-3-6-12/h1-10H,(H,19,20). The summed E-state index contributed by atoms with van der Waals surface area (Å²) in [5.41, 5.74) is 3.93. The number of aromatic nitrogens is 4. The van der Waals surface area contributed by atoms with Gasteiger partial charge in [0.15, 0.2) is 0 Å². The van der Waals surface area contributed by atoms with Crippen LogP contribution in [-0.4, -0.2) is 20.0 Å². The molecule has 0 unspecified atom stereocenters. The van der Waals surface area contributed by atoms with Crippen LogP contribution in [0, 0.1) is 0 Å². The highest BCUT2D eigenvalue weighted by molar-refractivity contribution is 9.10. The van der Waals surface area contributed by atoms with Gasteiger partial charge in [0.25, 0.3) is 0 Å². The van der Waals surface area contributed by atoms with E-state index in [1.165, 1.54) is 0 Å². The average Bonchev–Trinajstić information content (AvgIpc) is 3.15. The minimum Gasteiger partial charge on any atom is -0.276 e. The number of fused-ring (bicyclic) bond motifs is 1. The van der Waals surface area contributed by atoms with Crippen LogP contribution >= 0.6 is 15.9 Å². The Morgan fingerprint density at radius 1 is 1.00 bits per heavy atom. The molecule has 102 valence electrons. The molecule has 2 heterocycles. The number of rotatable bonds is 2. The number of nitrogens with zero attached hydrogens (tertiary/aromatic N) is 3. The van der Waals surface area contributed by atoms with Crippen LogP contribution in [0.3, 0.4) is 0 Å². The van der Waals surface area contributed by atoms with E-state index in [0.29, 0.717) is 0 Å². The van der Waals surface area contributed by atoms with Crippen molar-refractivity contribution in [3.05, 3.63) is 65.4 Å². The smallest absolute Gasteiger partial charge is 0.103 e. The molecule has 0 aliphatic rings. The number of H-pyrrole nitrogens is 1. The summed E-state index contributed by atoms with van der Waals surface area (Å²) in [5, 5.41) is 13.0. The molecular weight excluding hydrogens is 328 g/mol. The molecule has 4 rings (SSSR count). The number of nitrogens with one attached hydrogen (secondary N) is 1. The summed E-state index contributed by atoms with van der Waals surface area (Å²) in [4.78, 5) is 0. The van der Waals surface area contributed by atoms with Gasteiger partial charge in [-0.15, -0.1) is 0 Å². The fourth-order valence-electron chi connectivity index (χ4n) is 2.39. The first-order valence-corrected chi connectivity index (χ1v) is 7.35. The molecule has 2 aromatic carbocycles. The van der Waals surface area contributed by atoms with Crippen LogP contribution in [0.2, 0.25) is 0 Å². The van der Waals surface area contributed by atoms with Gasteiger partial charge in [0.05, 0.1) is 17.4 Å². The molecule has 0 bridgehead atoms. The monoisotopic (exact) mass is 338 g/mol. The topological polar surface area (TPSA) is 46.5 Å². The van der Waals surface area contributed by atoms with Crippen LogP contribution in [0.1, 0.15) is 0 Å². The van der Waals surface area contributed by atoms with Crippen molar-refractivity contribution in [1.82, 2.24) is 20.0 Å². The Morgan fingerprint density at radius 2 is 1.86 bits per heavy atom. The van der Waals surface area contributed by atoms with Crippen LogP contribution in [-0.2, 0) is 0 Å². The second-order valence-corrected chi connectivity index (χ2v) is 5.60. The Bertz CT molecular complexity index is 908. The van der Waals surface area contributed by atoms with E-state index >= 15 is 0 Å². The molecule has 0 saturated heterocycles. The molecule has 0 atom stereocenters. The number of para-hydroxylation sites is 2. The van der Waals surface area contributed by atoms with Crippen molar-refractivity contribution in [2.75, 3.05) is 0 Å². The Kier molecular flexibility index (Phi) is 2.86. The number of aromatic amines is 1. The summed E-state index contributed by atoms with van der Waals surface area (Å²) >= 11 is 3.53. The molecule has 1 N–H and O–H groups in total. The van der Waals surface area contributed by atoms with Crippen LogP contribution in [0.4, 0.5) is 0 Å². The minimum absolute atomic E-state index is 0.911. The Labute approximate surface area is 129 Å². The minimum atomic E-state index is 0.911. The first-order chi connectivity index (χ1) is 10.3. The highest BCUT2D eigenvalue weighted by Crippen LogP contribution is 2.30. The Balaban J connectivity index is 1.83. The van der Waals surface area contributed by atoms with Crippen LogP contribution in [0.5, 0.6) is 0 Å². The third-order valence-corrected chi connectivity index (χ3v) is 4.09. The fraction of sp³-hybridized carbons (Fsp3) is 0. The van der Waals surface area contributed by atoms with Crippen molar-refractivity contribution in [1.29, 1.82) is 0 Å². The molecule has 0 fully saturated rings. The lowest BCUT2D eigenvalue weighted by molar-refractivity contribution is 0.880. The van der Waals surface area contributed by atoms with E-state index in [9.17, 15) is 0 Å². The van der Waals surface area contributed by atoms with E-state index in [0.717, 1.165) is 32.3 Å². The van der Waals surface area contributed by atoms with Crippen molar-refractivity contribution < 1.29 is 0 Å². The van der Waals surface area contributed by atoms with Gasteiger partial charge in [-0.05, 0) is 34.1 Å². The molecule has 0 aliphatic heterocycles. The highest BCUT2D eigenvalue weighted by atomic mass is 79.9. The third-order valence-electron chi connectivity index (χ3n) is 3.43. The third kappa shape index (κ3) is 2.06. The molecule has 4 aromatic rings. The summed E-state index contributed by atoms with van der Waals surface area (Å²) in [6, 6.07) is 16.1. The number of benzene rings is 2.